The van der Waals surface area contributed by atoms with Crippen molar-refractivity contribution >= 4 is 41.1 Å². The van der Waals surface area contributed by atoms with E-state index >= 15 is 0 Å². The van der Waals surface area contributed by atoms with Crippen LogP contribution in [0.2, 0.25) is 0 Å². The van der Waals surface area contributed by atoms with Gasteiger partial charge in [0.25, 0.3) is 5.56 Å². The van der Waals surface area contributed by atoms with Gasteiger partial charge >= 0.3 is 5.97 Å². The number of thiazole rings is 1. The Balaban J connectivity index is 1.62. The third kappa shape index (κ3) is 6.99. The second-order valence-electron chi connectivity index (χ2n) is 8.82. The summed E-state index contributed by atoms with van der Waals surface area (Å²) in [4.78, 5) is 42.4. The molecule has 0 bridgehead atoms. The lowest BCUT2D eigenvalue weighted by Gasteiger charge is -2.26. The maximum absolute atomic E-state index is 13.3. The zero-order valence-corrected chi connectivity index (χ0v) is 22.6. The van der Waals surface area contributed by atoms with Crippen molar-refractivity contribution < 1.29 is 19.1 Å². The third-order valence-corrected chi connectivity index (χ3v) is 7.34. The number of amides is 1. The number of benzene rings is 2. The van der Waals surface area contributed by atoms with Gasteiger partial charge in [-0.3, -0.25) is 14.2 Å². The molecule has 0 unspecified atom stereocenters. The first-order chi connectivity index (χ1) is 18.5. The summed E-state index contributed by atoms with van der Waals surface area (Å²) in [6.07, 6.45) is 3.08. The Bertz CT molecular complexity index is 1410. The van der Waals surface area contributed by atoms with Gasteiger partial charge in [-0.1, -0.05) is 42.5 Å². The molecule has 1 fully saturated rings. The Morgan fingerprint density at radius 2 is 1.76 bits per heavy atom. The summed E-state index contributed by atoms with van der Waals surface area (Å²) in [6, 6.07) is 18.3. The molecule has 8 nitrogen and oxygen atoms in total. The van der Waals surface area contributed by atoms with Crippen LogP contribution in [-0.4, -0.2) is 60.8 Å². The van der Waals surface area contributed by atoms with E-state index in [4.69, 9.17) is 9.47 Å². The molecule has 2 aromatic carbocycles. The third-order valence-electron chi connectivity index (χ3n) is 6.28. The first-order valence-electron chi connectivity index (χ1n) is 12.8. The van der Waals surface area contributed by atoms with Crippen LogP contribution in [0.3, 0.4) is 0 Å². The monoisotopic (exact) mass is 535 g/mol. The number of carbonyl (C=O) groups excluding carboxylic acids is 2. The van der Waals surface area contributed by atoms with Crippen molar-refractivity contribution in [1.82, 2.24) is 9.47 Å². The quantitative estimate of drug-likeness (QED) is 0.390. The van der Waals surface area contributed by atoms with E-state index in [2.05, 4.69) is 24.0 Å². The largest absolute Gasteiger partial charge is 0.463 e. The average Bonchev–Trinajstić information content (AvgIpc) is 3.22. The molecule has 9 heteroatoms. The molecule has 200 valence electrons. The van der Waals surface area contributed by atoms with Crippen molar-refractivity contribution in [2.75, 3.05) is 44.4 Å². The van der Waals surface area contributed by atoms with Crippen LogP contribution in [0.25, 0.3) is 12.2 Å². The van der Waals surface area contributed by atoms with Crippen molar-refractivity contribution in [2.45, 2.75) is 26.9 Å². The Labute approximate surface area is 226 Å². The van der Waals surface area contributed by atoms with E-state index in [9.17, 15) is 14.4 Å². The number of morpholine rings is 1. The number of carbonyl (C=O) groups is 2. The summed E-state index contributed by atoms with van der Waals surface area (Å²) in [5.41, 5.74) is 2.87. The second kappa shape index (κ2) is 13.2. The molecule has 1 aliphatic heterocycles. The first kappa shape index (κ1) is 27.3. The van der Waals surface area contributed by atoms with Crippen LogP contribution in [-0.2, 0) is 32.2 Å². The lowest BCUT2D eigenvalue weighted by Crippen LogP contribution is -2.45. The highest BCUT2D eigenvalue weighted by molar-refractivity contribution is 7.07. The fourth-order valence-electron chi connectivity index (χ4n) is 4.25. The van der Waals surface area contributed by atoms with E-state index < -0.39 is 5.97 Å². The molecule has 38 heavy (non-hydrogen) atoms. The van der Waals surface area contributed by atoms with Crippen molar-refractivity contribution in [3.05, 3.63) is 85.3 Å². The number of aromatic nitrogens is 1. The minimum absolute atomic E-state index is 0.141. The number of anilines is 1. The molecule has 3 aromatic rings. The van der Waals surface area contributed by atoms with Gasteiger partial charge in [0.15, 0.2) is 0 Å². The molecule has 2 heterocycles. The Hall–Kier alpha value is -3.69. The van der Waals surface area contributed by atoms with Gasteiger partial charge in [0.1, 0.15) is 11.2 Å². The van der Waals surface area contributed by atoms with Crippen LogP contribution < -0.4 is 19.7 Å². The lowest BCUT2D eigenvalue weighted by molar-refractivity contribution is -0.136. The standard InChI is InChI=1S/C29H33N3O5S/c1-3-30(20-23-8-6-5-7-9-23)24-12-10-22(11-13-24)18-25-29(35)32(27(38-25)19-28(34)37-4-2)21-26(33)31-14-16-36-17-15-31/h5-13,18-19H,3-4,14-17,20-21H2,1-2H3/b25-18+,27-19-. The fraction of sp³-hybridized carbons (Fsp3) is 0.345. The SMILES string of the molecule is CCOC(=O)/C=c1\s/c(=C/c2ccc(N(CC)Cc3ccccc3)cc2)c(=O)n1CC(=O)N1CCOCC1. The van der Waals surface area contributed by atoms with Gasteiger partial charge in [-0.05, 0) is 43.2 Å². The van der Waals surface area contributed by atoms with Crippen LogP contribution in [0.1, 0.15) is 25.0 Å². The summed E-state index contributed by atoms with van der Waals surface area (Å²) in [5, 5.41) is 0. The number of rotatable bonds is 9. The maximum atomic E-state index is 13.3. The van der Waals surface area contributed by atoms with Crippen molar-refractivity contribution in [3.8, 4) is 0 Å². The van der Waals surface area contributed by atoms with E-state index in [1.165, 1.54) is 27.5 Å². The number of ether oxygens (including phenoxy) is 2. The molecule has 0 aliphatic carbocycles. The highest BCUT2D eigenvalue weighted by atomic mass is 32.1. The molecule has 0 saturated carbocycles. The topological polar surface area (TPSA) is 81.1 Å². The van der Waals surface area contributed by atoms with Crippen LogP contribution in [0.5, 0.6) is 0 Å². The van der Waals surface area contributed by atoms with Gasteiger partial charge in [0, 0.05) is 31.9 Å². The summed E-state index contributed by atoms with van der Waals surface area (Å²) < 4.78 is 12.6. The number of hydrogen-bond donors (Lipinski definition) is 0. The van der Waals surface area contributed by atoms with Gasteiger partial charge < -0.3 is 19.3 Å². The van der Waals surface area contributed by atoms with Gasteiger partial charge in [0.2, 0.25) is 5.91 Å². The van der Waals surface area contributed by atoms with Gasteiger partial charge in [0.05, 0.1) is 30.4 Å². The van der Waals surface area contributed by atoms with E-state index in [0.717, 1.165) is 24.3 Å². The molecular formula is C29H33N3O5S. The van der Waals surface area contributed by atoms with E-state index in [1.807, 2.05) is 42.5 Å². The van der Waals surface area contributed by atoms with Crippen molar-refractivity contribution in [3.63, 3.8) is 0 Å². The maximum Gasteiger partial charge on any atom is 0.333 e. The van der Waals surface area contributed by atoms with Crippen LogP contribution in [0.15, 0.2) is 59.4 Å². The Kier molecular flexibility index (Phi) is 9.51. The van der Waals surface area contributed by atoms with Gasteiger partial charge in [-0.25, -0.2) is 4.79 Å². The first-order valence-corrected chi connectivity index (χ1v) is 13.6. The summed E-state index contributed by atoms with van der Waals surface area (Å²) >= 11 is 1.17. The molecule has 1 saturated heterocycles. The smallest absolute Gasteiger partial charge is 0.333 e. The zero-order chi connectivity index (χ0) is 26.9. The van der Waals surface area contributed by atoms with Crippen LogP contribution >= 0.6 is 11.3 Å². The normalized spacial score (nSPS) is 14.5. The van der Waals surface area contributed by atoms with Crippen LogP contribution in [0.4, 0.5) is 5.69 Å². The van der Waals surface area contributed by atoms with E-state index in [1.54, 1.807) is 17.9 Å². The van der Waals surface area contributed by atoms with Gasteiger partial charge in [-0.2, -0.15) is 0 Å². The number of hydrogen-bond acceptors (Lipinski definition) is 7. The van der Waals surface area contributed by atoms with E-state index in [0.29, 0.717) is 35.5 Å². The van der Waals surface area contributed by atoms with Crippen LogP contribution in [0, 0.1) is 0 Å². The summed E-state index contributed by atoms with van der Waals surface area (Å²) in [6.45, 7) is 7.51. The molecule has 0 spiro atoms. The highest BCUT2D eigenvalue weighted by Crippen LogP contribution is 2.18. The molecule has 0 N–H and O–H groups in total. The molecular weight excluding hydrogens is 502 g/mol. The average molecular weight is 536 g/mol. The number of esters is 1. The van der Waals surface area contributed by atoms with E-state index in [-0.39, 0.29) is 24.6 Å². The Morgan fingerprint density at radius 3 is 2.42 bits per heavy atom. The summed E-state index contributed by atoms with van der Waals surface area (Å²) in [5.74, 6) is -0.726. The molecule has 0 radical (unpaired) electrons. The van der Waals surface area contributed by atoms with Crippen molar-refractivity contribution in [1.29, 1.82) is 0 Å². The highest BCUT2D eigenvalue weighted by Gasteiger charge is 2.19. The molecule has 1 aromatic heterocycles. The molecule has 4 rings (SSSR count). The Morgan fingerprint density at radius 1 is 1.05 bits per heavy atom. The predicted molar refractivity (Wildman–Crippen MR) is 150 cm³/mol. The van der Waals surface area contributed by atoms with Gasteiger partial charge in [-0.15, -0.1) is 11.3 Å². The molecule has 0 atom stereocenters. The fourth-order valence-corrected chi connectivity index (χ4v) is 5.28. The number of nitrogens with zero attached hydrogens (tertiary/aromatic N) is 3. The lowest BCUT2D eigenvalue weighted by atomic mass is 10.1. The minimum Gasteiger partial charge on any atom is -0.463 e. The molecule has 1 amide bonds. The van der Waals surface area contributed by atoms with Crippen molar-refractivity contribution in [2.24, 2.45) is 0 Å². The predicted octanol–water partition coefficient (Wildman–Crippen LogP) is 1.97. The second-order valence-corrected chi connectivity index (χ2v) is 9.88. The zero-order valence-electron chi connectivity index (χ0n) is 21.8. The summed E-state index contributed by atoms with van der Waals surface area (Å²) in [7, 11) is 0. The minimum atomic E-state index is -0.546. The molecule has 1 aliphatic rings.